The molecule has 0 aromatic rings. The average Bonchev–Trinajstić information content (AvgIpc) is 2.64. The van der Waals surface area contributed by atoms with Crippen molar-refractivity contribution in [2.75, 3.05) is 0 Å². The predicted octanol–water partition coefficient (Wildman–Crippen LogP) is 3.01. The standard InChI is InChI=1S/C12H30O8Si6/c1-7-21-13-23(9-3)14-22(8-2)16-25(11-5)18-24(10-4,15-21)19-26(12-6,17-23)20-25/h7-12H2,1-6H3. The normalized spacial score (nSPS) is 44.5. The Bertz CT molecular complexity index is 461. The molecule has 8 nitrogen and oxygen atoms in total. The summed E-state index contributed by atoms with van der Waals surface area (Å²) in [6.07, 6.45) is 0. The molecule has 2 unspecified atom stereocenters. The van der Waals surface area contributed by atoms with Crippen molar-refractivity contribution in [1.29, 1.82) is 0 Å². The Hall–Kier alpha value is 0.981. The van der Waals surface area contributed by atoms with Crippen LogP contribution in [0, 0.1) is 0 Å². The lowest BCUT2D eigenvalue weighted by molar-refractivity contribution is 0.0315. The second-order valence-corrected chi connectivity index (χ2v) is 24.1. The summed E-state index contributed by atoms with van der Waals surface area (Å²) in [6.45, 7) is 12.3. The van der Waals surface area contributed by atoms with Gasteiger partial charge in [0.05, 0.1) is 0 Å². The summed E-state index contributed by atoms with van der Waals surface area (Å²) in [6, 6.07) is 4.19. The number of hydrogen-bond donors (Lipinski definition) is 0. The molecule has 3 fully saturated rings. The molecule has 150 valence electrons. The quantitative estimate of drug-likeness (QED) is 0.548. The molecule has 0 N–H and O–H groups in total. The van der Waals surface area contributed by atoms with E-state index in [1.165, 1.54) is 0 Å². The summed E-state index contributed by atoms with van der Waals surface area (Å²) in [5, 5.41) is 0. The molecule has 2 radical (unpaired) electrons. The molecule has 3 aliphatic rings. The summed E-state index contributed by atoms with van der Waals surface area (Å²) in [7, 11) is -15.2. The van der Waals surface area contributed by atoms with Crippen LogP contribution in [0.3, 0.4) is 0 Å². The van der Waals surface area contributed by atoms with Gasteiger partial charge in [0.15, 0.2) is 0 Å². The van der Waals surface area contributed by atoms with E-state index in [2.05, 4.69) is 27.7 Å². The van der Waals surface area contributed by atoms with E-state index in [9.17, 15) is 0 Å². The molecule has 0 aliphatic carbocycles. The molecular weight excluding hydrogens is 441 g/mol. The van der Waals surface area contributed by atoms with E-state index >= 15 is 0 Å². The van der Waals surface area contributed by atoms with Crippen LogP contribution in [0.1, 0.15) is 41.5 Å². The van der Waals surface area contributed by atoms with Gasteiger partial charge < -0.3 is 32.9 Å². The lowest BCUT2D eigenvalue weighted by atomic mass is 11.0. The van der Waals surface area contributed by atoms with Crippen LogP contribution in [-0.2, 0) is 32.9 Å². The fourth-order valence-electron chi connectivity index (χ4n) is 3.09. The maximum atomic E-state index is 6.69. The van der Waals surface area contributed by atoms with Crippen molar-refractivity contribution in [3.8, 4) is 0 Å². The van der Waals surface area contributed by atoms with Gasteiger partial charge in [0.2, 0.25) is 0 Å². The minimum atomic E-state index is -3.06. The highest BCUT2D eigenvalue weighted by molar-refractivity contribution is 6.97. The SMILES string of the molecule is CC[Si]1O[Si]2(CC)O[Si](CC)O[Si]3(CC)O[Si](CC)(O1)O[Si](CC)(O2)O3. The van der Waals surface area contributed by atoms with Crippen molar-refractivity contribution in [1.82, 2.24) is 0 Å². The van der Waals surface area contributed by atoms with E-state index in [-0.39, 0.29) is 0 Å². The Morgan fingerprint density at radius 2 is 0.769 bits per heavy atom. The molecule has 0 spiro atoms. The van der Waals surface area contributed by atoms with Crippen molar-refractivity contribution < 1.29 is 32.9 Å². The van der Waals surface area contributed by atoms with E-state index in [1.807, 2.05) is 13.8 Å². The zero-order chi connectivity index (χ0) is 19.1. The molecule has 0 aromatic heterocycles. The summed E-state index contributed by atoms with van der Waals surface area (Å²) in [5.74, 6) is 0. The minimum Gasteiger partial charge on any atom is -0.393 e. The van der Waals surface area contributed by atoms with Gasteiger partial charge in [0.1, 0.15) is 0 Å². The third-order valence-electron chi connectivity index (χ3n) is 4.63. The lowest BCUT2D eigenvalue weighted by Gasteiger charge is -2.56. The largest absolute Gasteiger partial charge is 0.478 e. The molecular formula is C12H30O8Si6. The van der Waals surface area contributed by atoms with Gasteiger partial charge in [-0.2, -0.15) is 0 Å². The van der Waals surface area contributed by atoms with Crippen molar-refractivity contribution in [2.24, 2.45) is 0 Å². The van der Waals surface area contributed by atoms with Crippen LogP contribution in [0.2, 0.25) is 36.3 Å². The first-order valence-corrected chi connectivity index (χ1v) is 20.4. The molecule has 26 heavy (non-hydrogen) atoms. The molecule has 3 saturated heterocycles. The summed E-state index contributed by atoms with van der Waals surface area (Å²) in [5.41, 5.74) is 0. The molecule has 0 aromatic carbocycles. The minimum absolute atomic E-state index is 0.635. The van der Waals surface area contributed by atoms with Crippen LogP contribution >= 0.6 is 0 Å². The first kappa shape index (κ1) is 21.7. The highest BCUT2D eigenvalue weighted by atomic mass is 28.6. The van der Waals surface area contributed by atoms with E-state index in [0.29, 0.717) is 24.2 Å². The number of hydrogen-bond acceptors (Lipinski definition) is 8. The maximum Gasteiger partial charge on any atom is 0.478 e. The molecule has 0 amide bonds. The Labute approximate surface area is 164 Å². The van der Waals surface area contributed by atoms with Crippen molar-refractivity contribution >= 4 is 53.8 Å². The van der Waals surface area contributed by atoms with Crippen molar-refractivity contribution in [3.05, 3.63) is 0 Å². The van der Waals surface area contributed by atoms with Gasteiger partial charge in [-0.05, 0) is 12.1 Å². The lowest BCUT2D eigenvalue weighted by Crippen LogP contribution is -2.80. The predicted molar refractivity (Wildman–Crippen MR) is 106 cm³/mol. The summed E-state index contributed by atoms with van der Waals surface area (Å²) in [4.78, 5) is 0. The Morgan fingerprint density at radius 3 is 1.12 bits per heavy atom. The molecule has 3 rings (SSSR count). The third kappa shape index (κ3) is 3.86. The third-order valence-corrected chi connectivity index (χ3v) is 27.8. The second-order valence-electron chi connectivity index (χ2n) is 6.41. The van der Waals surface area contributed by atoms with E-state index < -0.39 is 53.8 Å². The first-order valence-electron chi connectivity index (χ1n) is 9.63. The molecule has 3 heterocycles. The topological polar surface area (TPSA) is 73.8 Å². The van der Waals surface area contributed by atoms with Gasteiger partial charge in [-0.3, -0.25) is 0 Å². The van der Waals surface area contributed by atoms with E-state index in [4.69, 9.17) is 32.9 Å². The Kier molecular flexibility index (Phi) is 6.68. The van der Waals surface area contributed by atoms with Crippen LogP contribution in [0.25, 0.3) is 0 Å². The first-order chi connectivity index (χ1) is 12.3. The number of fused-ring (bicyclic) bond motifs is 3. The van der Waals surface area contributed by atoms with Crippen LogP contribution in [0.5, 0.6) is 0 Å². The fourth-order valence-corrected chi connectivity index (χ4v) is 33.0. The van der Waals surface area contributed by atoms with E-state index in [0.717, 1.165) is 12.1 Å². The van der Waals surface area contributed by atoms with Gasteiger partial charge in [-0.1, -0.05) is 41.5 Å². The van der Waals surface area contributed by atoms with Crippen LogP contribution in [0.4, 0.5) is 0 Å². The highest BCUT2D eigenvalue weighted by Gasteiger charge is 2.72. The molecule has 3 aliphatic heterocycles. The molecule has 14 heteroatoms. The fraction of sp³-hybridized carbons (Fsp3) is 1.00. The summed E-state index contributed by atoms with van der Waals surface area (Å²) < 4.78 is 52.3. The van der Waals surface area contributed by atoms with Gasteiger partial charge in [-0.25, -0.2) is 0 Å². The number of rotatable bonds is 6. The van der Waals surface area contributed by atoms with Gasteiger partial charge in [0.25, 0.3) is 0 Å². The molecule has 0 saturated carbocycles. The second kappa shape index (κ2) is 8.01. The van der Waals surface area contributed by atoms with Gasteiger partial charge in [-0.15, -0.1) is 0 Å². The van der Waals surface area contributed by atoms with Crippen LogP contribution in [0.15, 0.2) is 0 Å². The average molecular weight is 471 g/mol. The highest BCUT2D eigenvalue weighted by Crippen LogP contribution is 2.44. The monoisotopic (exact) mass is 470 g/mol. The smallest absolute Gasteiger partial charge is 0.393 e. The van der Waals surface area contributed by atoms with Crippen molar-refractivity contribution in [3.63, 3.8) is 0 Å². The maximum absolute atomic E-state index is 6.69. The zero-order valence-corrected chi connectivity index (χ0v) is 22.5. The zero-order valence-electron chi connectivity index (χ0n) is 16.5. The molecule has 2 atom stereocenters. The Balaban J connectivity index is 2.15. The molecule has 4 bridgehead atoms. The van der Waals surface area contributed by atoms with Gasteiger partial charge >= 0.3 is 53.8 Å². The Morgan fingerprint density at radius 1 is 0.462 bits per heavy atom. The van der Waals surface area contributed by atoms with Crippen LogP contribution in [-0.4, -0.2) is 53.8 Å². The van der Waals surface area contributed by atoms with E-state index in [1.54, 1.807) is 0 Å². The van der Waals surface area contributed by atoms with Crippen LogP contribution < -0.4 is 0 Å². The van der Waals surface area contributed by atoms with Gasteiger partial charge in [0, 0.05) is 24.2 Å². The summed E-state index contributed by atoms with van der Waals surface area (Å²) >= 11 is 0. The van der Waals surface area contributed by atoms with Crippen molar-refractivity contribution in [2.45, 2.75) is 77.8 Å².